The van der Waals surface area contributed by atoms with Crippen molar-refractivity contribution in [3.63, 3.8) is 0 Å². The lowest BCUT2D eigenvalue weighted by molar-refractivity contribution is -0.384. The molecule has 2 atom stereocenters. The molecule has 0 aliphatic rings. The van der Waals surface area contributed by atoms with Crippen molar-refractivity contribution in [2.45, 2.75) is 30.3 Å². The van der Waals surface area contributed by atoms with Crippen LogP contribution in [0, 0.1) is 10.1 Å². The summed E-state index contributed by atoms with van der Waals surface area (Å²) in [5.41, 5.74) is 0.0419. The molecule has 1 rings (SSSR count). The van der Waals surface area contributed by atoms with E-state index in [1.165, 1.54) is 31.2 Å². The molecule has 0 spiro atoms. The largest absolute Gasteiger partial charge is 0.463 e. The monoisotopic (exact) mass is 406 g/mol. The Labute approximate surface area is 158 Å². The minimum absolute atomic E-state index is 0.184. The number of aliphatic hydroxyl groups excluding tert-OH is 1. The minimum atomic E-state index is -1.42. The first-order chi connectivity index (χ1) is 12.1. The summed E-state index contributed by atoms with van der Waals surface area (Å²) in [6, 6.07) is 3.78. The number of rotatable bonds is 9. The van der Waals surface area contributed by atoms with Crippen molar-refractivity contribution < 1.29 is 29.2 Å². The summed E-state index contributed by atoms with van der Waals surface area (Å²) in [7, 11) is 0. The molecule has 0 saturated heterocycles. The Kier molecular flexibility index (Phi) is 8.43. The summed E-state index contributed by atoms with van der Waals surface area (Å²) in [5, 5.41) is 23.4. The first-order valence-corrected chi connectivity index (χ1v) is 8.15. The molecule has 9 nitrogen and oxygen atoms in total. The van der Waals surface area contributed by atoms with E-state index in [0.717, 1.165) is 0 Å². The number of non-ortho nitro benzene ring substituents is 1. The average molecular weight is 407 g/mol. The van der Waals surface area contributed by atoms with Crippen LogP contribution >= 0.6 is 23.2 Å². The number of alkyl halides is 2. The number of carbonyl (C=O) groups is 3. The zero-order valence-corrected chi connectivity index (χ0v) is 15.1. The third-order valence-electron chi connectivity index (χ3n) is 3.17. The van der Waals surface area contributed by atoms with Crippen molar-refractivity contribution in [1.29, 1.82) is 0 Å². The molecular formula is C15H16Cl2N2O7. The second-order valence-electron chi connectivity index (χ2n) is 5.27. The number of carbonyl (C=O) groups excluding carboxylic acids is 3. The van der Waals surface area contributed by atoms with E-state index in [9.17, 15) is 29.6 Å². The number of ether oxygens (including phenoxy) is 1. The zero-order valence-electron chi connectivity index (χ0n) is 13.6. The van der Waals surface area contributed by atoms with Crippen molar-refractivity contribution in [2.75, 3.05) is 6.61 Å². The summed E-state index contributed by atoms with van der Waals surface area (Å²) >= 11 is 10.9. The van der Waals surface area contributed by atoms with Gasteiger partial charge in [-0.15, -0.1) is 0 Å². The molecule has 0 saturated carbocycles. The van der Waals surface area contributed by atoms with E-state index in [1.807, 2.05) is 0 Å². The fraction of sp³-hybridized carbons (Fsp3) is 0.400. The van der Waals surface area contributed by atoms with Crippen molar-refractivity contribution >= 4 is 46.5 Å². The summed E-state index contributed by atoms with van der Waals surface area (Å²) < 4.78 is 4.87. The Bertz CT molecular complexity index is 679. The van der Waals surface area contributed by atoms with E-state index < -0.39 is 52.6 Å². The molecule has 0 unspecified atom stereocenters. The Morgan fingerprint density at radius 1 is 1.27 bits per heavy atom. The molecule has 0 aromatic heterocycles. The number of nitrogens with zero attached hydrogens (tertiary/aromatic N) is 1. The number of esters is 1. The van der Waals surface area contributed by atoms with E-state index >= 15 is 0 Å². The maximum Gasteiger partial charge on any atom is 0.313 e. The van der Waals surface area contributed by atoms with Gasteiger partial charge in [-0.25, -0.2) is 0 Å². The lowest BCUT2D eigenvalue weighted by Gasteiger charge is -2.24. The minimum Gasteiger partial charge on any atom is -0.463 e. The van der Waals surface area contributed by atoms with E-state index in [2.05, 4.69) is 5.32 Å². The number of amides is 1. The van der Waals surface area contributed by atoms with Gasteiger partial charge in [-0.05, 0) is 24.6 Å². The number of nitro groups is 1. The van der Waals surface area contributed by atoms with Crippen molar-refractivity contribution in [3.8, 4) is 0 Å². The van der Waals surface area contributed by atoms with Gasteiger partial charge in [0, 0.05) is 12.1 Å². The van der Waals surface area contributed by atoms with Crippen LogP contribution in [0.3, 0.4) is 0 Å². The molecular weight excluding hydrogens is 391 g/mol. The molecule has 26 heavy (non-hydrogen) atoms. The van der Waals surface area contributed by atoms with Gasteiger partial charge in [0.15, 0.2) is 4.84 Å². The summed E-state index contributed by atoms with van der Waals surface area (Å²) in [6.45, 7) is 0.744. The Morgan fingerprint density at radius 3 is 2.31 bits per heavy atom. The molecule has 0 radical (unpaired) electrons. The van der Waals surface area contributed by atoms with Crippen LogP contribution in [0.5, 0.6) is 0 Å². The molecule has 1 aromatic rings. The first-order valence-electron chi connectivity index (χ1n) is 7.27. The fourth-order valence-electron chi connectivity index (χ4n) is 1.92. The van der Waals surface area contributed by atoms with Crippen LogP contribution in [0.15, 0.2) is 24.3 Å². The van der Waals surface area contributed by atoms with Gasteiger partial charge < -0.3 is 15.2 Å². The van der Waals surface area contributed by atoms with Gasteiger partial charge in [-0.3, -0.25) is 24.5 Å². The fourth-order valence-corrected chi connectivity index (χ4v) is 2.05. The van der Waals surface area contributed by atoms with Gasteiger partial charge in [0.1, 0.15) is 24.9 Å². The Morgan fingerprint density at radius 2 is 1.85 bits per heavy atom. The van der Waals surface area contributed by atoms with Crippen molar-refractivity contribution in [1.82, 2.24) is 5.32 Å². The maximum atomic E-state index is 11.7. The summed E-state index contributed by atoms with van der Waals surface area (Å²) in [5.74, 6) is -2.07. The Balaban J connectivity index is 2.90. The van der Waals surface area contributed by atoms with Crippen LogP contribution in [0.4, 0.5) is 5.69 Å². The Hall–Kier alpha value is -2.23. The summed E-state index contributed by atoms with van der Waals surface area (Å²) in [4.78, 5) is 42.7. The normalized spacial score (nSPS) is 13.0. The average Bonchev–Trinajstić information content (AvgIpc) is 2.57. The highest BCUT2D eigenvalue weighted by molar-refractivity contribution is 6.53. The molecule has 0 bridgehead atoms. The predicted octanol–water partition coefficient (Wildman–Crippen LogP) is 1.44. The van der Waals surface area contributed by atoms with Crippen LogP contribution < -0.4 is 5.32 Å². The van der Waals surface area contributed by atoms with Gasteiger partial charge in [0.2, 0.25) is 0 Å². The molecule has 142 valence electrons. The third kappa shape index (κ3) is 6.95. The number of ketones is 1. The number of hydrogen-bond acceptors (Lipinski definition) is 7. The van der Waals surface area contributed by atoms with E-state index in [4.69, 9.17) is 27.9 Å². The van der Waals surface area contributed by atoms with Crippen molar-refractivity contribution in [3.05, 3.63) is 39.9 Å². The van der Waals surface area contributed by atoms with Crippen molar-refractivity contribution in [2.24, 2.45) is 0 Å². The molecule has 0 fully saturated rings. The second-order valence-corrected chi connectivity index (χ2v) is 6.37. The maximum absolute atomic E-state index is 11.7. The molecule has 0 aliphatic carbocycles. The van der Waals surface area contributed by atoms with Gasteiger partial charge in [0.05, 0.1) is 11.0 Å². The standard InChI is InChI=1S/C15H16Cl2N2O7/c1-8(20)6-12(21)26-7-11(18-15(23)14(16)17)13(22)9-2-4-10(5-3-9)19(24)25/h2-5,11,13-14,22H,6-7H2,1H3,(H,18,23)/t11-,13-/m1/s1. The second kappa shape index (κ2) is 10.0. The summed E-state index contributed by atoms with van der Waals surface area (Å²) in [6.07, 6.45) is -1.83. The highest BCUT2D eigenvalue weighted by Crippen LogP contribution is 2.21. The highest BCUT2D eigenvalue weighted by Gasteiger charge is 2.27. The number of aliphatic hydroxyl groups is 1. The molecule has 0 aliphatic heterocycles. The van der Waals surface area contributed by atoms with Gasteiger partial charge in [-0.2, -0.15) is 0 Å². The topological polar surface area (TPSA) is 136 Å². The number of benzene rings is 1. The molecule has 1 amide bonds. The third-order valence-corrected chi connectivity index (χ3v) is 3.57. The van der Waals surface area contributed by atoms with E-state index in [1.54, 1.807) is 0 Å². The van der Waals surface area contributed by atoms with Crippen LogP contribution in [0.2, 0.25) is 0 Å². The highest BCUT2D eigenvalue weighted by atomic mass is 35.5. The van der Waals surface area contributed by atoms with E-state index in [0.29, 0.717) is 0 Å². The number of halogens is 2. The lowest BCUT2D eigenvalue weighted by Crippen LogP contribution is -2.45. The number of nitro benzene ring substituents is 1. The van der Waals surface area contributed by atoms with Crippen LogP contribution in [0.1, 0.15) is 25.0 Å². The van der Waals surface area contributed by atoms with Gasteiger partial charge in [0.25, 0.3) is 11.6 Å². The predicted molar refractivity (Wildman–Crippen MR) is 91.7 cm³/mol. The van der Waals surface area contributed by atoms with Crippen LogP contribution in [-0.4, -0.2) is 45.2 Å². The van der Waals surface area contributed by atoms with Gasteiger partial charge in [-0.1, -0.05) is 23.2 Å². The van der Waals surface area contributed by atoms with Crippen LogP contribution in [-0.2, 0) is 19.1 Å². The SMILES string of the molecule is CC(=O)CC(=O)OC[C@@H](NC(=O)C(Cl)Cl)[C@H](O)c1ccc([N+](=O)[O-])cc1. The van der Waals surface area contributed by atoms with Gasteiger partial charge >= 0.3 is 5.97 Å². The van der Waals surface area contributed by atoms with E-state index in [-0.39, 0.29) is 11.3 Å². The molecule has 2 N–H and O–H groups in total. The quantitative estimate of drug-likeness (QED) is 0.208. The number of Topliss-reactive ketones (excluding diaryl/α,β-unsaturated/α-hetero) is 1. The lowest BCUT2D eigenvalue weighted by atomic mass is 10.0. The number of nitrogens with one attached hydrogen (secondary N) is 1. The van der Waals surface area contributed by atoms with Crippen LogP contribution in [0.25, 0.3) is 0 Å². The zero-order chi connectivity index (χ0) is 19.9. The smallest absolute Gasteiger partial charge is 0.313 e. The first kappa shape index (κ1) is 21.8. The number of hydrogen-bond donors (Lipinski definition) is 2. The molecule has 11 heteroatoms. The molecule has 0 heterocycles. The molecule has 1 aromatic carbocycles.